The van der Waals surface area contributed by atoms with E-state index in [1.54, 1.807) is 0 Å². The van der Waals surface area contributed by atoms with Crippen LogP contribution in [0.3, 0.4) is 0 Å². The highest BCUT2D eigenvalue weighted by molar-refractivity contribution is 6.23. The Balaban J connectivity index is 1.03. The first kappa shape index (κ1) is 31.8. The van der Waals surface area contributed by atoms with Crippen LogP contribution in [0.15, 0.2) is 191 Å². The Morgan fingerprint density at radius 2 is 1.19 bits per heavy atom. The van der Waals surface area contributed by atoms with Crippen LogP contribution in [0, 0.1) is 0 Å². The summed E-state index contributed by atoms with van der Waals surface area (Å²) >= 11 is 0. The van der Waals surface area contributed by atoms with Gasteiger partial charge in [-0.15, -0.1) is 0 Å². The van der Waals surface area contributed by atoms with Crippen molar-refractivity contribution in [1.82, 2.24) is 0 Å². The van der Waals surface area contributed by atoms with E-state index >= 15 is 0 Å². The van der Waals surface area contributed by atoms with E-state index in [9.17, 15) is 0 Å². The molecular weight excluding hydrogens is 657 g/mol. The molecule has 0 unspecified atom stereocenters. The summed E-state index contributed by atoms with van der Waals surface area (Å²) in [5.41, 5.74) is 11.3. The molecule has 2 nitrogen and oxygen atoms in total. The molecule has 0 amide bonds. The van der Waals surface area contributed by atoms with E-state index in [4.69, 9.17) is 8.83 Å². The lowest BCUT2D eigenvalue weighted by molar-refractivity contribution is 0.668. The van der Waals surface area contributed by atoms with Crippen LogP contribution in [0.4, 0.5) is 0 Å². The lowest BCUT2D eigenvalue weighted by Crippen LogP contribution is -1.94. The second-order valence-corrected chi connectivity index (χ2v) is 14.2. The Hall–Kier alpha value is -6.90. The Kier molecular flexibility index (Phi) is 7.45. The van der Waals surface area contributed by atoms with Gasteiger partial charge in [0.2, 0.25) is 0 Å². The zero-order valence-electron chi connectivity index (χ0n) is 30.0. The van der Waals surface area contributed by atoms with Crippen molar-refractivity contribution in [2.45, 2.75) is 13.3 Å². The molecule has 0 radical (unpaired) electrons. The van der Waals surface area contributed by atoms with Crippen LogP contribution in [0.1, 0.15) is 30.0 Å². The molecule has 0 saturated carbocycles. The molecule has 7 aromatic carbocycles. The van der Waals surface area contributed by atoms with Gasteiger partial charge in [0.25, 0.3) is 0 Å². The van der Waals surface area contributed by atoms with E-state index in [1.807, 2.05) is 12.1 Å². The highest BCUT2D eigenvalue weighted by atomic mass is 16.3. The predicted molar refractivity (Wildman–Crippen MR) is 232 cm³/mol. The first-order chi connectivity index (χ1) is 26.5. The molecule has 1 aliphatic rings. The fraction of sp³-hybridized carbons (Fsp3) is 0.0385. The second-order valence-electron chi connectivity index (χ2n) is 14.2. The summed E-state index contributed by atoms with van der Waals surface area (Å²) in [5.74, 6) is 0. The lowest BCUT2D eigenvalue weighted by atomic mass is 9.86. The summed E-state index contributed by atoms with van der Waals surface area (Å²) in [7, 11) is 0. The monoisotopic (exact) mass is 692 g/mol. The summed E-state index contributed by atoms with van der Waals surface area (Å²) in [6.07, 6.45) is 18.2. The van der Waals surface area contributed by atoms with Crippen molar-refractivity contribution < 1.29 is 8.83 Å². The van der Waals surface area contributed by atoms with Crippen molar-refractivity contribution in [1.29, 1.82) is 0 Å². The van der Waals surface area contributed by atoms with Crippen LogP contribution in [-0.4, -0.2) is 0 Å². The van der Waals surface area contributed by atoms with Crippen molar-refractivity contribution in [3.63, 3.8) is 0 Å². The molecule has 256 valence electrons. The highest BCUT2D eigenvalue weighted by Crippen LogP contribution is 2.42. The van der Waals surface area contributed by atoms with Crippen LogP contribution < -0.4 is 0 Å². The van der Waals surface area contributed by atoms with Crippen LogP contribution >= 0.6 is 0 Å². The summed E-state index contributed by atoms with van der Waals surface area (Å²) in [4.78, 5) is 0. The minimum atomic E-state index is 0.851. The maximum absolute atomic E-state index is 6.39. The number of rotatable bonds is 6. The van der Waals surface area contributed by atoms with Crippen molar-refractivity contribution in [2.24, 2.45) is 0 Å². The fourth-order valence-electron chi connectivity index (χ4n) is 8.27. The first-order valence-electron chi connectivity index (χ1n) is 18.4. The SMILES string of the molecule is C=C(/C=C\C(=C)c1c2ccccc2c(/C(C)=C/C=C2/C=CC=CC2)c2ccccc12)c1ccc2oc3cc4ccc5oc6ccccc6c5c4cc3c2c1. The first-order valence-corrected chi connectivity index (χ1v) is 18.4. The van der Waals surface area contributed by atoms with Crippen molar-refractivity contribution >= 4 is 92.9 Å². The smallest absolute Gasteiger partial charge is 0.136 e. The third-order valence-corrected chi connectivity index (χ3v) is 10.9. The van der Waals surface area contributed by atoms with Crippen LogP contribution in [0.25, 0.3) is 92.9 Å². The number of furan rings is 2. The molecule has 54 heavy (non-hydrogen) atoms. The number of hydrogen-bond acceptors (Lipinski definition) is 2. The minimum Gasteiger partial charge on any atom is -0.456 e. The molecule has 0 saturated heterocycles. The van der Waals surface area contributed by atoms with Gasteiger partial charge < -0.3 is 8.83 Å². The van der Waals surface area contributed by atoms with E-state index in [-0.39, 0.29) is 0 Å². The number of fused-ring (bicyclic) bond motifs is 10. The second kappa shape index (κ2) is 12.6. The summed E-state index contributed by atoms with van der Waals surface area (Å²) in [6.45, 7) is 11.4. The van der Waals surface area contributed by atoms with Crippen molar-refractivity contribution in [3.05, 3.63) is 199 Å². The van der Waals surface area contributed by atoms with Gasteiger partial charge in [-0.1, -0.05) is 141 Å². The molecule has 10 rings (SSSR count). The third-order valence-electron chi connectivity index (χ3n) is 10.9. The standard InChI is InChI=1S/C52H36O2/c1-32(36-25-27-47-44(29-36)45-31-43-37(30-49(45)54-47)26-28-48-52(43)42-19-11-12-20-46(42)53-48)21-22-33(2)50-38-15-7-9-17-40(38)51(41-18-10-8-16-39(41)50)34(3)23-24-35-13-5-4-6-14-35/h4-13,15-31H,1-2,14H2,3H3/b22-21-,34-23+,35-24-. The van der Waals surface area contributed by atoms with Gasteiger partial charge >= 0.3 is 0 Å². The third kappa shape index (κ3) is 5.18. The quantitative estimate of drug-likeness (QED) is 0.128. The zero-order valence-corrected chi connectivity index (χ0v) is 30.0. The molecule has 1 aliphatic carbocycles. The molecule has 2 aromatic heterocycles. The molecule has 0 aliphatic heterocycles. The Morgan fingerprint density at radius 1 is 0.556 bits per heavy atom. The average molecular weight is 693 g/mol. The van der Waals surface area contributed by atoms with Gasteiger partial charge in [-0.25, -0.2) is 0 Å². The van der Waals surface area contributed by atoms with Gasteiger partial charge in [-0.3, -0.25) is 0 Å². The minimum absolute atomic E-state index is 0.851. The predicted octanol–water partition coefficient (Wildman–Crippen LogP) is 15.1. The van der Waals surface area contributed by atoms with E-state index in [0.717, 1.165) is 83.3 Å². The molecule has 2 heterocycles. The molecule has 0 bridgehead atoms. The molecule has 2 heteroatoms. The van der Waals surface area contributed by atoms with Gasteiger partial charge in [0, 0.05) is 21.5 Å². The number of allylic oxidation sites excluding steroid dienone is 12. The Morgan fingerprint density at radius 3 is 1.93 bits per heavy atom. The normalized spacial score (nSPS) is 14.4. The van der Waals surface area contributed by atoms with Crippen molar-refractivity contribution in [3.8, 4) is 0 Å². The van der Waals surface area contributed by atoms with Gasteiger partial charge in [-0.05, 0) is 121 Å². The van der Waals surface area contributed by atoms with Crippen LogP contribution in [0.5, 0.6) is 0 Å². The van der Waals surface area contributed by atoms with Crippen LogP contribution in [0.2, 0.25) is 0 Å². The number of benzene rings is 7. The van der Waals surface area contributed by atoms with E-state index < -0.39 is 0 Å². The van der Waals surface area contributed by atoms with E-state index in [1.165, 1.54) is 38.3 Å². The van der Waals surface area contributed by atoms with Crippen LogP contribution in [-0.2, 0) is 0 Å². The summed E-state index contributed by atoms with van der Waals surface area (Å²) in [6, 6.07) is 40.5. The summed E-state index contributed by atoms with van der Waals surface area (Å²) in [5, 5.41) is 11.5. The maximum atomic E-state index is 6.39. The van der Waals surface area contributed by atoms with Crippen molar-refractivity contribution in [2.75, 3.05) is 0 Å². The zero-order chi connectivity index (χ0) is 36.3. The van der Waals surface area contributed by atoms with E-state index in [2.05, 4.69) is 172 Å². The molecule has 9 aromatic rings. The van der Waals surface area contributed by atoms with E-state index in [0.29, 0.717) is 0 Å². The molecule has 0 fully saturated rings. The lowest BCUT2D eigenvalue weighted by Gasteiger charge is -2.18. The number of para-hydroxylation sites is 1. The van der Waals surface area contributed by atoms with Gasteiger partial charge in [0.05, 0.1) is 0 Å². The summed E-state index contributed by atoms with van der Waals surface area (Å²) < 4.78 is 12.6. The molecule has 0 atom stereocenters. The van der Waals surface area contributed by atoms with Gasteiger partial charge in [-0.2, -0.15) is 0 Å². The molecule has 0 spiro atoms. The maximum Gasteiger partial charge on any atom is 0.136 e. The Labute approximate surface area is 313 Å². The average Bonchev–Trinajstić information content (AvgIpc) is 3.78. The highest BCUT2D eigenvalue weighted by Gasteiger charge is 2.17. The topological polar surface area (TPSA) is 26.3 Å². The largest absolute Gasteiger partial charge is 0.456 e. The molecular formula is C52H36O2. The fourth-order valence-corrected chi connectivity index (χ4v) is 8.27. The van der Waals surface area contributed by atoms with Gasteiger partial charge in [0.1, 0.15) is 22.3 Å². The molecule has 0 N–H and O–H groups in total. The van der Waals surface area contributed by atoms with Gasteiger partial charge in [0.15, 0.2) is 0 Å². The Bertz CT molecular complexity index is 3160. The number of hydrogen-bond donors (Lipinski definition) is 0.